The highest BCUT2D eigenvalue weighted by atomic mass is 35.5. The average Bonchev–Trinajstić information content (AvgIpc) is 2.71. The number of fused-ring (bicyclic) bond motifs is 1. The van der Waals surface area contributed by atoms with E-state index in [-0.39, 0.29) is 27.4 Å². The fourth-order valence-electron chi connectivity index (χ4n) is 3.17. The first-order valence-corrected chi connectivity index (χ1v) is 9.36. The minimum atomic E-state index is -0.583. The van der Waals surface area contributed by atoms with Gasteiger partial charge in [0.2, 0.25) is 0 Å². The second-order valence-electron chi connectivity index (χ2n) is 6.33. The van der Waals surface area contributed by atoms with Crippen molar-refractivity contribution in [3.8, 4) is 11.5 Å². The van der Waals surface area contributed by atoms with Gasteiger partial charge in [-0.05, 0) is 42.3 Å². The fraction of sp³-hybridized carbons (Fsp3) is 0.100. The molecule has 0 radical (unpaired) electrons. The number of nitro groups is 1. The molecule has 7 nitrogen and oxygen atoms in total. The van der Waals surface area contributed by atoms with E-state index in [0.717, 1.165) is 11.3 Å². The molecule has 4 rings (SSSR count). The van der Waals surface area contributed by atoms with Crippen LogP contribution < -0.4 is 9.64 Å². The highest BCUT2D eigenvalue weighted by Crippen LogP contribution is 2.40. The van der Waals surface area contributed by atoms with Gasteiger partial charge in [-0.25, -0.2) is 0 Å². The van der Waals surface area contributed by atoms with Gasteiger partial charge in [-0.15, -0.1) is 0 Å². The summed E-state index contributed by atoms with van der Waals surface area (Å²) >= 11 is 12.2. The van der Waals surface area contributed by atoms with Gasteiger partial charge in [0.25, 0.3) is 11.6 Å². The molecule has 0 saturated heterocycles. The largest absolute Gasteiger partial charge is 0.454 e. The first-order valence-electron chi connectivity index (χ1n) is 8.60. The maximum atomic E-state index is 12.9. The van der Waals surface area contributed by atoms with Crippen molar-refractivity contribution in [1.29, 1.82) is 0 Å². The van der Waals surface area contributed by atoms with Crippen LogP contribution in [0.5, 0.6) is 11.5 Å². The molecule has 0 fully saturated rings. The molecule has 9 heteroatoms. The van der Waals surface area contributed by atoms with Crippen LogP contribution in [0.4, 0.5) is 11.4 Å². The number of ether oxygens (including phenoxy) is 1. The zero-order chi connectivity index (χ0) is 20.5. The number of rotatable bonds is 4. The number of nitro benzene ring substituents is 1. The number of non-ortho nitro benzene ring substituents is 1. The van der Waals surface area contributed by atoms with E-state index in [1.54, 1.807) is 47.6 Å². The van der Waals surface area contributed by atoms with E-state index in [4.69, 9.17) is 27.9 Å². The van der Waals surface area contributed by atoms with Gasteiger partial charge in [-0.1, -0.05) is 23.2 Å². The van der Waals surface area contributed by atoms with E-state index >= 15 is 0 Å². The van der Waals surface area contributed by atoms with Gasteiger partial charge in [0.05, 0.1) is 15.0 Å². The molecule has 0 unspecified atom stereocenters. The van der Waals surface area contributed by atoms with Crippen molar-refractivity contribution in [3.05, 3.63) is 86.1 Å². The molecule has 0 aliphatic carbocycles. The van der Waals surface area contributed by atoms with E-state index in [1.807, 2.05) is 0 Å². The number of aromatic nitrogens is 1. The first-order chi connectivity index (χ1) is 13.9. The van der Waals surface area contributed by atoms with Crippen molar-refractivity contribution in [3.63, 3.8) is 0 Å². The number of amides is 1. The van der Waals surface area contributed by atoms with Gasteiger partial charge < -0.3 is 9.64 Å². The van der Waals surface area contributed by atoms with E-state index in [0.29, 0.717) is 24.3 Å². The molecule has 1 aromatic heterocycles. The summed E-state index contributed by atoms with van der Waals surface area (Å²) in [6, 6.07) is 11.0. The van der Waals surface area contributed by atoms with Crippen molar-refractivity contribution >= 4 is 40.5 Å². The molecule has 1 aliphatic heterocycles. The first kappa shape index (κ1) is 19.2. The Labute approximate surface area is 175 Å². The Morgan fingerprint density at radius 3 is 2.41 bits per heavy atom. The zero-order valence-corrected chi connectivity index (χ0v) is 16.4. The van der Waals surface area contributed by atoms with E-state index in [1.165, 1.54) is 12.1 Å². The maximum Gasteiger partial charge on any atom is 0.272 e. The third kappa shape index (κ3) is 3.74. The average molecular weight is 430 g/mol. The fourth-order valence-corrected chi connectivity index (χ4v) is 3.72. The van der Waals surface area contributed by atoms with Crippen LogP contribution in [0.25, 0.3) is 0 Å². The van der Waals surface area contributed by atoms with Crippen molar-refractivity contribution in [2.75, 3.05) is 11.4 Å². The second-order valence-corrected chi connectivity index (χ2v) is 7.14. The van der Waals surface area contributed by atoms with E-state index in [2.05, 4.69) is 4.98 Å². The summed E-state index contributed by atoms with van der Waals surface area (Å²) in [6.07, 6.45) is 3.93. The molecule has 0 N–H and O–H groups in total. The van der Waals surface area contributed by atoms with Gasteiger partial charge >= 0.3 is 0 Å². The van der Waals surface area contributed by atoms with Crippen molar-refractivity contribution in [2.24, 2.45) is 0 Å². The third-order valence-electron chi connectivity index (χ3n) is 4.55. The molecule has 146 valence electrons. The van der Waals surface area contributed by atoms with Crippen LogP contribution >= 0.6 is 23.2 Å². The Morgan fingerprint density at radius 1 is 1.07 bits per heavy atom. The standard InChI is InChI=1S/C20H13Cl2N3O4/c21-17-10-14(25(27)28)11-18(22)19(17)29-15-1-2-16-12(9-15)5-8-24(20(16)26)13-3-6-23-7-4-13/h1-4,6-7,9-11H,5,8H2. The molecule has 1 aliphatic rings. The molecular weight excluding hydrogens is 417 g/mol. The molecule has 0 saturated carbocycles. The summed E-state index contributed by atoms with van der Waals surface area (Å²) < 4.78 is 5.77. The number of carbonyl (C=O) groups excluding carboxylic acids is 1. The SMILES string of the molecule is O=C1c2ccc(Oc3c(Cl)cc([N+](=O)[O-])cc3Cl)cc2CCN1c1ccncc1. The Kier molecular flexibility index (Phi) is 5.08. The number of carbonyl (C=O) groups is 1. The molecule has 0 spiro atoms. The molecule has 1 amide bonds. The number of hydrogen-bond acceptors (Lipinski definition) is 5. The maximum absolute atomic E-state index is 12.9. The van der Waals surface area contributed by atoms with Crippen LogP contribution in [0.3, 0.4) is 0 Å². The normalized spacial score (nSPS) is 13.2. The van der Waals surface area contributed by atoms with Gasteiger partial charge in [0.15, 0.2) is 5.75 Å². The number of anilines is 1. The predicted molar refractivity (Wildman–Crippen MR) is 109 cm³/mol. The van der Waals surface area contributed by atoms with Gasteiger partial charge in [0.1, 0.15) is 5.75 Å². The van der Waals surface area contributed by atoms with Crippen LogP contribution in [0.15, 0.2) is 54.9 Å². The molecule has 3 aromatic rings. The quantitative estimate of drug-likeness (QED) is 0.415. The number of benzene rings is 2. The molecule has 2 heterocycles. The lowest BCUT2D eigenvalue weighted by Gasteiger charge is -2.28. The summed E-state index contributed by atoms with van der Waals surface area (Å²) in [5.74, 6) is 0.460. The van der Waals surface area contributed by atoms with Crippen molar-refractivity contribution < 1.29 is 14.5 Å². The van der Waals surface area contributed by atoms with Crippen LogP contribution in [0, 0.1) is 10.1 Å². The summed E-state index contributed by atoms with van der Waals surface area (Å²) in [7, 11) is 0. The molecule has 29 heavy (non-hydrogen) atoms. The summed E-state index contributed by atoms with van der Waals surface area (Å²) in [5, 5.41) is 11.0. The molecule has 2 aromatic carbocycles. The highest BCUT2D eigenvalue weighted by Gasteiger charge is 2.26. The zero-order valence-electron chi connectivity index (χ0n) is 14.8. The minimum Gasteiger partial charge on any atom is -0.454 e. The minimum absolute atomic E-state index is 0.0295. The van der Waals surface area contributed by atoms with Gasteiger partial charge in [-0.3, -0.25) is 19.9 Å². The number of hydrogen-bond donors (Lipinski definition) is 0. The monoisotopic (exact) mass is 429 g/mol. The highest BCUT2D eigenvalue weighted by molar-refractivity contribution is 6.37. The molecular formula is C20H13Cl2N3O4. The predicted octanol–water partition coefficient (Wildman–Crippen LogP) is 5.29. The second kappa shape index (κ2) is 7.69. The number of pyridine rings is 1. The lowest BCUT2D eigenvalue weighted by molar-refractivity contribution is -0.384. The Bertz CT molecular complexity index is 1100. The van der Waals surface area contributed by atoms with Crippen molar-refractivity contribution in [1.82, 2.24) is 4.98 Å². The Morgan fingerprint density at radius 2 is 1.76 bits per heavy atom. The molecule has 0 atom stereocenters. The van der Waals surface area contributed by atoms with Crippen LogP contribution in [0.2, 0.25) is 10.0 Å². The summed E-state index contributed by atoms with van der Waals surface area (Å²) in [5.41, 5.74) is 1.99. The number of halogens is 2. The lowest BCUT2D eigenvalue weighted by Crippen LogP contribution is -2.37. The molecule has 0 bridgehead atoms. The third-order valence-corrected chi connectivity index (χ3v) is 5.11. The van der Waals surface area contributed by atoms with Crippen LogP contribution in [0.1, 0.15) is 15.9 Å². The topological polar surface area (TPSA) is 85.6 Å². The lowest BCUT2D eigenvalue weighted by atomic mass is 9.98. The Hall–Kier alpha value is -3.16. The van der Waals surface area contributed by atoms with Crippen LogP contribution in [-0.4, -0.2) is 22.4 Å². The van der Waals surface area contributed by atoms with E-state index in [9.17, 15) is 14.9 Å². The van der Waals surface area contributed by atoms with Crippen LogP contribution in [-0.2, 0) is 6.42 Å². The summed E-state index contributed by atoms with van der Waals surface area (Å²) in [6.45, 7) is 0.526. The Balaban J connectivity index is 1.61. The smallest absolute Gasteiger partial charge is 0.272 e. The van der Waals surface area contributed by atoms with Gasteiger partial charge in [-0.2, -0.15) is 0 Å². The van der Waals surface area contributed by atoms with Crippen molar-refractivity contribution in [2.45, 2.75) is 6.42 Å². The van der Waals surface area contributed by atoms with Gasteiger partial charge in [0, 0.05) is 42.3 Å². The van der Waals surface area contributed by atoms with E-state index < -0.39 is 4.92 Å². The number of nitrogens with zero attached hydrogens (tertiary/aromatic N) is 3. The summed E-state index contributed by atoms with van der Waals surface area (Å²) in [4.78, 5) is 28.9.